The molecule has 0 saturated heterocycles. The minimum absolute atomic E-state index is 0.0801. The summed E-state index contributed by atoms with van der Waals surface area (Å²) >= 11 is 4.73. The van der Waals surface area contributed by atoms with Crippen LogP contribution in [0.5, 0.6) is 0 Å². The van der Waals surface area contributed by atoms with Crippen molar-refractivity contribution in [2.75, 3.05) is 10.6 Å². The summed E-state index contributed by atoms with van der Waals surface area (Å²) in [5.41, 5.74) is 2.98. The molecule has 3 rings (SSSR count). The number of benzene rings is 2. The van der Waals surface area contributed by atoms with Crippen molar-refractivity contribution in [3.05, 3.63) is 58.6 Å². The lowest BCUT2D eigenvalue weighted by atomic mass is 9.87. The SMILES string of the molecule is CC(C)(C)c1ccc(NC(=O)Nc2nnc(-c3ccc(Br)cc3)s2)cc1. The fourth-order valence-corrected chi connectivity index (χ4v) is 3.30. The van der Waals surface area contributed by atoms with E-state index in [4.69, 9.17) is 0 Å². The first kappa shape index (κ1) is 18.5. The first-order valence-corrected chi connectivity index (χ1v) is 9.70. The number of aromatic nitrogens is 2. The second-order valence-corrected chi connectivity index (χ2v) is 8.72. The molecule has 0 aliphatic rings. The Morgan fingerprint density at radius 2 is 1.62 bits per heavy atom. The van der Waals surface area contributed by atoms with Crippen molar-refractivity contribution in [2.45, 2.75) is 26.2 Å². The lowest BCUT2D eigenvalue weighted by Crippen LogP contribution is -2.19. The van der Waals surface area contributed by atoms with Gasteiger partial charge < -0.3 is 5.32 Å². The van der Waals surface area contributed by atoms with Gasteiger partial charge in [0.05, 0.1) is 0 Å². The van der Waals surface area contributed by atoms with E-state index in [2.05, 4.69) is 57.5 Å². The molecule has 0 aliphatic heterocycles. The molecule has 2 amide bonds. The molecule has 0 spiro atoms. The molecule has 0 bridgehead atoms. The summed E-state index contributed by atoms with van der Waals surface area (Å²) in [7, 11) is 0. The molecule has 3 aromatic rings. The number of anilines is 2. The van der Waals surface area contributed by atoms with Crippen LogP contribution < -0.4 is 10.6 Å². The zero-order chi connectivity index (χ0) is 18.7. The fraction of sp³-hybridized carbons (Fsp3) is 0.211. The average Bonchev–Trinajstić information content (AvgIpc) is 3.03. The van der Waals surface area contributed by atoms with E-state index < -0.39 is 0 Å². The first-order chi connectivity index (χ1) is 12.3. The highest BCUT2D eigenvalue weighted by molar-refractivity contribution is 9.10. The number of halogens is 1. The standard InChI is InChI=1S/C19H19BrN4OS/c1-19(2,3)13-6-10-15(11-7-13)21-17(25)22-18-24-23-16(26-18)12-4-8-14(20)9-5-12/h4-11H,1-3H3,(H2,21,22,24,25). The lowest BCUT2D eigenvalue weighted by Gasteiger charge is -2.19. The summed E-state index contributed by atoms with van der Waals surface area (Å²) in [6.45, 7) is 6.46. The molecule has 5 nitrogen and oxygen atoms in total. The van der Waals surface area contributed by atoms with E-state index in [0.717, 1.165) is 20.7 Å². The number of rotatable bonds is 3. The quantitative estimate of drug-likeness (QED) is 0.542. The molecule has 26 heavy (non-hydrogen) atoms. The van der Waals surface area contributed by atoms with Crippen LogP contribution in [-0.4, -0.2) is 16.2 Å². The van der Waals surface area contributed by atoms with Gasteiger partial charge in [-0.2, -0.15) is 0 Å². The number of carbonyl (C=O) groups is 1. The molecule has 2 N–H and O–H groups in total. The minimum atomic E-state index is -0.341. The Morgan fingerprint density at radius 3 is 2.23 bits per heavy atom. The molecule has 0 atom stereocenters. The van der Waals surface area contributed by atoms with Crippen LogP contribution in [0.2, 0.25) is 0 Å². The van der Waals surface area contributed by atoms with Crippen molar-refractivity contribution in [1.82, 2.24) is 10.2 Å². The van der Waals surface area contributed by atoms with Crippen molar-refractivity contribution in [3.8, 4) is 10.6 Å². The molecule has 0 radical (unpaired) electrons. The normalized spacial score (nSPS) is 11.2. The molecule has 0 fully saturated rings. The third kappa shape index (κ3) is 4.68. The zero-order valence-electron chi connectivity index (χ0n) is 14.7. The third-order valence-electron chi connectivity index (χ3n) is 3.75. The number of urea groups is 1. The van der Waals surface area contributed by atoms with Crippen LogP contribution in [0.3, 0.4) is 0 Å². The molecule has 1 aromatic heterocycles. The topological polar surface area (TPSA) is 66.9 Å². The minimum Gasteiger partial charge on any atom is -0.308 e. The second kappa shape index (κ2) is 7.55. The lowest BCUT2D eigenvalue weighted by molar-refractivity contribution is 0.262. The maximum absolute atomic E-state index is 12.2. The summed E-state index contributed by atoms with van der Waals surface area (Å²) < 4.78 is 1.00. The maximum atomic E-state index is 12.2. The van der Waals surface area contributed by atoms with Crippen molar-refractivity contribution in [3.63, 3.8) is 0 Å². The molecule has 0 aliphatic carbocycles. The van der Waals surface area contributed by atoms with Gasteiger partial charge in [0.25, 0.3) is 0 Å². The Balaban J connectivity index is 1.62. The van der Waals surface area contributed by atoms with Crippen LogP contribution in [0.1, 0.15) is 26.3 Å². The van der Waals surface area contributed by atoms with Gasteiger partial charge in [-0.1, -0.05) is 72.3 Å². The van der Waals surface area contributed by atoms with Crippen LogP contribution in [0, 0.1) is 0 Å². The Labute approximate surface area is 165 Å². The van der Waals surface area contributed by atoms with Gasteiger partial charge in [-0.25, -0.2) is 4.79 Å². The van der Waals surface area contributed by atoms with Crippen molar-refractivity contribution < 1.29 is 4.79 Å². The Kier molecular flexibility index (Phi) is 5.38. The number of hydrogen-bond acceptors (Lipinski definition) is 4. The van der Waals surface area contributed by atoms with E-state index in [1.165, 1.54) is 16.9 Å². The van der Waals surface area contributed by atoms with Crippen molar-refractivity contribution in [1.29, 1.82) is 0 Å². The highest BCUT2D eigenvalue weighted by atomic mass is 79.9. The monoisotopic (exact) mass is 430 g/mol. The Hall–Kier alpha value is -2.25. The predicted molar refractivity (Wildman–Crippen MR) is 111 cm³/mol. The average molecular weight is 431 g/mol. The van der Waals surface area contributed by atoms with Gasteiger partial charge >= 0.3 is 6.03 Å². The third-order valence-corrected chi connectivity index (χ3v) is 5.16. The van der Waals surface area contributed by atoms with Crippen molar-refractivity contribution >= 4 is 44.1 Å². The van der Waals surface area contributed by atoms with E-state index in [1.54, 1.807) is 0 Å². The van der Waals surface area contributed by atoms with Gasteiger partial charge in [-0.15, -0.1) is 10.2 Å². The molecular formula is C19H19BrN4OS. The molecular weight excluding hydrogens is 412 g/mol. The largest absolute Gasteiger partial charge is 0.325 e. The van der Waals surface area contributed by atoms with E-state index in [-0.39, 0.29) is 11.4 Å². The van der Waals surface area contributed by atoms with Gasteiger partial charge in [-0.05, 0) is 35.2 Å². The van der Waals surface area contributed by atoms with Gasteiger partial charge in [0.2, 0.25) is 5.13 Å². The summed E-state index contributed by atoms with van der Waals surface area (Å²) in [5, 5.41) is 14.9. The molecule has 2 aromatic carbocycles. The smallest absolute Gasteiger partial charge is 0.308 e. The van der Waals surface area contributed by atoms with Crippen LogP contribution >= 0.6 is 27.3 Å². The number of nitrogens with zero attached hydrogens (tertiary/aromatic N) is 2. The van der Waals surface area contributed by atoms with Crippen LogP contribution in [0.25, 0.3) is 10.6 Å². The van der Waals surface area contributed by atoms with E-state index in [9.17, 15) is 4.79 Å². The molecule has 0 unspecified atom stereocenters. The fourth-order valence-electron chi connectivity index (χ4n) is 2.30. The number of nitrogens with one attached hydrogen (secondary N) is 2. The molecule has 134 valence electrons. The molecule has 0 saturated carbocycles. The summed E-state index contributed by atoms with van der Waals surface area (Å²) in [4.78, 5) is 12.2. The van der Waals surface area contributed by atoms with E-state index >= 15 is 0 Å². The van der Waals surface area contributed by atoms with E-state index in [1.807, 2.05) is 48.5 Å². The highest BCUT2D eigenvalue weighted by Gasteiger charge is 2.14. The number of hydrogen-bond donors (Lipinski definition) is 2. The predicted octanol–water partition coefficient (Wildman–Crippen LogP) is 5.91. The summed E-state index contributed by atoms with van der Waals surface area (Å²) in [5.74, 6) is 0. The van der Waals surface area contributed by atoms with Gasteiger partial charge in [0, 0.05) is 15.7 Å². The van der Waals surface area contributed by atoms with Crippen molar-refractivity contribution in [2.24, 2.45) is 0 Å². The van der Waals surface area contributed by atoms with Gasteiger partial charge in [-0.3, -0.25) is 5.32 Å². The highest BCUT2D eigenvalue weighted by Crippen LogP contribution is 2.27. The second-order valence-electron chi connectivity index (χ2n) is 6.83. The van der Waals surface area contributed by atoms with Crippen LogP contribution in [-0.2, 0) is 5.41 Å². The maximum Gasteiger partial charge on any atom is 0.325 e. The van der Waals surface area contributed by atoms with Gasteiger partial charge in [0.1, 0.15) is 5.01 Å². The number of amides is 2. The molecule has 7 heteroatoms. The van der Waals surface area contributed by atoms with E-state index in [0.29, 0.717) is 5.13 Å². The summed E-state index contributed by atoms with van der Waals surface area (Å²) in [6, 6.07) is 15.3. The summed E-state index contributed by atoms with van der Waals surface area (Å²) in [6.07, 6.45) is 0. The molecule has 1 heterocycles. The Morgan fingerprint density at radius 1 is 0.962 bits per heavy atom. The van der Waals surface area contributed by atoms with Gasteiger partial charge in [0.15, 0.2) is 0 Å². The number of carbonyl (C=O) groups excluding carboxylic acids is 1. The Bertz CT molecular complexity index is 899. The first-order valence-electron chi connectivity index (χ1n) is 8.09. The zero-order valence-corrected chi connectivity index (χ0v) is 17.1. The van der Waals surface area contributed by atoms with Crippen LogP contribution in [0.4, 0.5) is 15.6 Å². The van der Waals surface area contributed by atoms with Crippen LogP contribution in [0.15, 0.2) is 53.0 Å².